The van der Waals surface area contributed by atoms with Crippen LogP contribution in [0.1, 0.15) is 51.5 Å². The highest BCUT2D eigenvalue weighted by Gasteiger charge is 2.60. The van der Waals surface area contributed by atoms with Gasteiger partial charge in [-0.15, -0.1) is 0 Å². The summed E-state index contributed by atoms with van der Waals surface area (Å²) in [6, 6.07) is 18.9. The molecule has 2 saturated carbocycles. The van der Waals surface area contributed by atoms with Crippen LogP contribution in [0, 0.1) is 22.7 Å². The summed E-state index contributed by atoms with van der Waals surface area (Å²) in [5.41, 5.74) is 0.629. The summed E-state index contributed by atoms with van der Waals surface area (Å²) >= 11 is 0. The maximum atomic E-state index is 12.9. The second kappa shape index (κ2) is 11.0. The Labute approximate surface area is 213 Å². The van der Waals surface area contributed by atoms with Crippen LogP contribution in [0.4, 0.5) is 10.5 Å². The van der Waals surface area contributed by atoms with E-state index in [4.69, 9.17) is 4.74 Å². The van der Waals surface area contributed by atoms with Gasteiger partial charge in [0, 0.05) is 24.1 Å². The van der Waals surface area contributed by atoms with E-state index in [0.717, 1.165) is 5.56 Å². The summed E-state index contributed by atoms with van der Waals surface area (Å²) in [5.74, 6) is -0.332. The van der Waals surface area contributed by atoms with Crippen molar-refractivity contribution in [2.75, 3.05) is 11.9 Å². The van der Waals surface area contributed by atoms with Gasteiger partial charge in [-0.25, -0.2) is 4.79 Å². The van der Waals surface area contributed by atoms with E-state index in [-0.39, 0.29) is 36.2 Å². The van der Waals surface area contributed by atoms with Gasteiger partial charge in [0.25, 0.3) is 0 Å². The lowest BCUT2D eigenvalue weighted by atomic mass is 9.46. The molecule has 4 rings (SSSR count). The van der Waals surface area contributed by atoms with Crippen LogP contribution in [-0.2, 0) is 16.1 Å². The third-order valence-corrected chi connectivity index (χ3v) is 8.68. The minimum absolute atomic E-state index is 0.00593. The normalized spacial score (nSPS) is 31.7. The molecule has 4 N–H and O–H groups in total. The maximum Gasteiger partial charge on any atom is 0.411 e. The van der Waals surface area contributed by atoms with Gasteiger partial charge in [0.1, 0.15) is 6.10 Å². The fourth-order valence-corrected chi connectivity index (χ4v) is 6.65. The smallest absolute Gasteiger partial charge is 0.411 e. The Bertz CT molecular complexity index is 1030. The average Bonchev–Trinajstić information content (AvgIpc) is 2.88. The molecule has 2 aromatic carbocycles. The first-order valence-electron chi connectivity index (χ1n) is 12.9. The second-order valence-corrected chi connectivity index (χ2v) is 10.9. The number of benzene rings is 2. The van der Waals surface area contributed by atoms with E-state index in [9.17, 15) is 19.8 Å². The Balaban J connectivity index is 1.45. The maximum absolute atomic E-state index is 12.9. The lowest BCUT2D eigenvalue weighted by molar-refractivity contribution is -0.185. The lowest BCUT2D eigenvalue weighted by Gasteiger charge is -2.60. The summed E-state index contributed by atoms with van der Waals surface area (Å²) in [5, 5.41) is 27.3. The number of nitrogens with one attached hydrogen (secondary N) is 2. The minimum Gasteiger partial charge on any atom is -0.445 e. The third kappa shape index (κ3) is 5.42. The number of hydrogen-bond donors (Lipinski definition) is 4. The van der Waals surface area contributed by atoms with Crippen LogP contribution in [0.2, 0.25) is 0 Å². The van der Waals surface area contributed by atoms with Crippen molar-refractivity contribution in [3.63, 3.8) is 0 Å². The Morgan fingerprint density at radius 2 is 1.67 bits per heavy atom. The van der Waals surface area contributed by atoms with E-state index < -0.39 is 23.7 Å². The molecule has 2 amide bonds. The van der Waals surface area contributed by atoms with Gasteiger partial charge in [-0.2, -0.15) is 0 Å². The lowest BCUT2D eigenvalue weighted by Crippen LogP contribution is -2.61. The Morgan fingerprint density at radius 1 is 1.00 bits per heavy atom. The summed E-state index contributed by atoms with van der Waals surface area (Å²) in [6.45, 7) is 4.41. The molecule has 0 heterocycles. The fraction of sp³-hybridized carbons (Fsp3) is 0.517. The molecule has 7 heteroatoms. The van der Waals surface area contributed by atoms with Crippen molar-refractivity contribution in [1.29, 1.82) is 0 Å². The molecule has 0 bridgehead atoms. The Morgan fingerprint density at radius 3 is 2.33 bits per heavy atom. The van der Waals surface area contributed by atoms with E-state index in [2.05, 4.69) is 17.6 Å². The van der Waals surface area contributed by atoms with Gasteiger partial charge in [-0.3, -0.25) is 10.1 Å². The number of carbonyl (C=O) groups excluding carboxylic acids is 2. The molecule has 0 saturated heterocycles. The number of anilines is 1. The molecule has 6 unspecified atom stereocenters. The standard InChI is InChI=1S/C29H38N2O5/c1-28-16-15-25(36-27(35)31-21-11-7-4-8-12-21)29(2,19-32)24(28)14-13-23(33)22(28)17-26(34)30-18-20-9-5-3-6-10-20/h3-12,22-25,32-33H,13-19H2,1-2H3,(H,30,34)(H,31,35). The van der Waals surface area contributed by atoms with Gasteiger partial charge in [0.05, 0.1) is 12.7 Å². The molecule has 0 radical (unpaired) electrons. The van der Waals surface area contributed by atoms with Gasteiger partial charge in [-0.1, -0.05) is 62.4 Å². The van der Waals surface area contributed by atoms with Crippen molar-refractivity contribution in [3.8, 4) is 0 Å². The van der Waals surface area contributed by atoms with Crippen LogP contribution in [-0.4, -0.2) is 41.0 Å². The number of aliphatic hydroxyl groups is 2. The topological polar surface area (TPSA) is 108 Å². The number of fused-ring (bicyclic) bond motifs is 1. The minimum atomic E-state index is -0.681. The highest BCUT2D eigenvalue weighted by molar-refractivity contribution is 5.84. The van der Waals surface area contributed by atoms with Crippen molar-refractivity contribution in [3.05, 3.63) is 66.2 Å². The molecule has 194 valence electrons. The van der Waals surface area contributed by atoms with Gasteiger partial charge < -0.3 is 20.3 Å². The molecular weight excluding hydrogens is 456 g/mol. The van der Waals surface area contributed by atoms with E-state index in [1.54, 1.807) is 12.1 Å². The van der Waals surface area contributed by atoms with Crippen LogP contribution in [0.5, 0.6) is 0 Å². The molecule has 0 aromatic heterocycles. The zero-order valence-electron chi connectivity index (χ0n) is 21.2. The first kappa shape index (κ1) is 26.2. The summed E-state index contributed by atoms with van der Waals surface area (Å²) < 4.78 is 5.87. The monoisotopic (exact) mass is 494 g/mol. The number of hydrogen-bond acceptors (Lipinski definition) is 5. The molecule has 2 aromatic rings. The molecule has 6 atom stereocenters. The number of para-hydroxylation sites is 1. The van der Waals surface area contributed by atoms with Crippen molar-refractivity contribution in [2.24, 2.45) is 22.7 Å². The van der Waals surface area contributed by atoms with Crippen molar-refractivity contribution in [2.45, 2.75) is 64.7 Å². The average molecular weight is 495 g/mol. The predicted molar refractivity (Wildman–Crippen MR) is 138 cm³/mol. The molecular formula is C29H38N2O5. The highest BCUT2D eigenvalue weighted by atomic mass is 16.6. The number of ether oxygens (including phenoxy) is 1. The zero-order chi connectivity index (χ0) is 25.8. The fourth-order valence-electron chi connectivity index (χ4n) is 6.65. The van der Waals surface area contributed by atoms with Crippen molar-refractivity contribution >= 4 is 17.7 Å². The van der Waals surface area contributed by atoms with Crippen LogP contribution in [0.15, 0.2) is 60.7 Å². The van der Waals surface area contributed by atoms with Gasteiger partial charge in [-0.05, 0) is 60.6 Å². The van der Waals surface area contributed by atoms with E-state index in [1.807, 2.05) is 55.5 Å². The number of amides is 2. The van der Waals surface area contributed by atoms with Gasteiger partial charge >= 0.3 is 6.09 Å². The summed E-state index contributed by atoms with van der Waals surface area (Å²) in [4.78, 5) is 25.6. The highest BCUT2D eigenvalue weighted by Crippen LogP contribution is 2.61. The third-order valence-electron chi connectivity index (χ3n) is 8.68. The predicted octanol–water partition coefficient (Wildman–Crippen LogP) is 4.50. The van der Waals surface area contributed by atoms with Gasteiger partial charge in [0.2, 0.25) is 5.91 Å². The van der Waals surface area contributed by atoms with Crippen LogP contribution >= 0.6 is 0 Å². The second-order valence-electron chi connectivity index (χ2n) is 10.9. The molecule has 2 fully saturated rings. The number of rotatable bonds is 7. The molecule has 0 aliphatic heterocycles. The van der Waals surface area contributed by atoms with E-state index in [0.29, 0.717) is 37.9 Å². The Hall–Kier alpha value is -2.90. The molecule has 2 aliphatic carbocycles. The first-order chi connectivity index (χ1) is 17.3. The van der Waals surface area contributed by atoms with E-state index in [1.165, 1.54) is 0 Å². The molecule has 36 heavy (non-hydrogen) atoms. The Kier molecular flexibility index (Phi) is 8.00. The van der Waals surface area contributed by atoms with Gasteiger partial charge in [0.15, 0.2) is 0 Å². The number of carbonyl (C=O) groups is 2. The SMILES string of the molecule is CC1(CO)C(OC(=O)Nc2ccccc2)CCC2(C)C(CC(=O)NCc3ccccc3)C(O)CCC12. The zero-order valence-corrected chi connectivity index (χ0v) is 21.2. The molecule has 7 nitrogen and oxygen atoms in total. The summed E-state index contributed by atoms with van der Waals surface area (Å²) in [6.07, 6.45) is 1.14. The summed E-state index contributed by atoms with van der Waals surface area (Å²) in [7, 11) is 0. The van der Waals surface area contributed by atoms with Crippen LogP contribution in [0.25, 0.3) is 0 Å². The molecule has 2 aliphatic rings. The quantitative estimate of drug-likeness (QED) is 0.453. The van der Waals surface area contributed by atoms with Crippen molar-refractivity contribution < 1.29 is 24.5 Å². The van der Waals surface area contributed by atoms with Crippen molar-refractivity contribution in [1.82, 2.24) is 5.32 Å². The van der Waals surface area contributed by atoms with E-state index >= 15 is 0 Å². The largest absolute Gasteiger partial charge is 0.445 e. The first-order valence-corrected chi connectivity index (χ1v) is 12.9. The number of aliphatic hydroxyl groups excluding tert-OH is 2. The van der Waals surface area contributed by atoms with Crippen LogP contribution in [0.3, 0.4) is 0 Å². The van der Waals surface area contributed by atoms with Crippen LogP contribution < -0.4 is 10.6 Å². The molecule has 0 spiro atoms.